The lowest BCUT2D eigenvalue weighted by molar-refractivity contribution is -0.147. The molecule has 2 aliphatic rings. The largest absolute Gasteiger partial charge is 0.481 e. The molecular formula is C16H29NO3. The predicted molar refractivity (Wildman–Crippen MR) is 78.8 cm³/mol. The number of carbonyl (C=O) groups is 1. The smallest absolute Gasteiger partial charge is 0.309 e. The molecule has 1 saturated carbocycles. The first-order valence-electron chi connectivity index (χ1n) is 8.10. The highest BCUT2D eigenvalue weighted by Crippen LogP contribution is 2.29. The van der Waals surface area contributed by atoms with E-state index in [1.165, 1.54) is 25.7 Å². The number of carboxylic acids is 1. The van der Waals surface area contributed by atoms with Crippen LogP contribution in [0.2, 0.25) is 0 Å². The number of aliphatic carboxylic acids is 1. The summed E-state index contributed by atoms with van der Waals surface area (Å²) in [6.45, 7) is 6.65. The van der Waals surface area contributed by atoms with E-state index in [1.807, 2.05) is 13.8 Å². The van der Waals surface area contributed by atoms with Crippen molar-refractivity contribution in [2.45, 2.75) is 70.9 Å². The van der Waals surface area contributed by atoms with Gasteiger partial charge in [-0.25, -0.2) is 0 Å². The highest BCUT2D eigenvalue weighted by atomic mass is 16.5. The van der Waals surface area contributed by atoms with Gasteiger partial charge >= 0.3 is 5.97 Å². The van der Waals surface area contributed by atoms with Crippen LogP contribution in [0.5, 0.6) is 0 Å². The first-order chi connectivity index (χ1) is 9.50. The van der Waals surface area contributed by atoms with Crippen LogP contribution in [-0.4, -0.2) is 47.8 Å². The molecule has 0 amide bonds. The van der Waals surface area contributed by atoms with Crippen LogP contribution in [0.25, 0.3) is 0 Å². The van der Waals surface area contributed by atoms with Gasteiger partial charge in [0.2, 0.25) is 0 Å². The summed E-state index contributed by atoms with van der Waals surface area (Å²) >= 11 is 0. The first kappa shape index (κ1) is 15.8. The highest BCUT2D eigenvalue weighted by molar-refractivity contribution is 5.73. The van der Waals surface area contributed by atoms with Crippen LogP contribution in [0.15, 0.2) is 0 Å². The number of rotatable bonds is 6. The third-order valence-electron chi connectivity index (χ3n) is 4.92. The van der Waals surface area contributed by atoms with E-state index in [9.17, 15) is 4.79 Å². The van der Waals surface area contributed by atoms with E-state index in [0.717, 1.165) is 39.0 Å². The van der Waals surface area contributed by atoms with Crippen LogP contribution in [0, 0.1) is 5.41 Å². The average Bonchev–Trinajstić information content (AvgIpc) is 2.43. The molecule has 0 aromatic carbocycles. The zero-order valence-corrected chi connectivity index (χ0v) is 12.9. The fourth-order valence-electron chi connectivity index (χ4n) is 3.44. The Labute approximate surface area is 122 Å². The second kappa shape index (κ2) is 6.90. The Kier molecular flexibility index (Phi) is 5.44. The number of morpholine rings is 1. The summed E-state index contributed by atoms with van der Waals surface area (Å²) < 4.78 is 5.88. The molecule has 0 bridgehead atoms. The first-order valence-corrected chi connectivity index (χ1v) is 8.10. The summed E-state index contributed by atoms with van der Waals surface area (Å²) in [5, 5.41) is 9.12. The summed E-state index contributed by atoms with van der Waals surface area (Å²) in [7, 11) is 0. The summed E-state index contributed by atoms with van der Waals surface area (Å²) in [6.07, 6.45) is 8.43. The lowest BCUT2D eigenvalue weighted by atomic mass is 9.87. The maximum absolute atomic E-state index is 11.1. The van der Waals surface area contributed by atoms with E-state index in [2.05, 4.69) is 4.90 Å². The Bertz CT molecular complexity index is 328. The third kappa shape index (κ3) is 3.95. The molecule has 20 heavy (non-hydrogen) atoms. The Balaban J connectivity index is 1.72. The molecule has 116 valence electrons. The van der Waals surface area contributed by atoms with Crippen LogP contribution in [0.3, 0.4) is 0 Å². The molecule has 0 spiro atoms. The quantitative estimate of drug-likeness (QED) is 0.762. The van der Waals surface area contributed by atoms with Crippen molar-refractivity contribution in [2.24, 2.45) is 5.41 Å². The normalized spacial score (nSPS) is 28.1. The molecule has 4 nitrogen and oxygen atoms in total. The maximum Gasteiger partial charge on any atom is 0.309 e. The van der Waals surface area contributed by atoms with Crippen molar-refractivity contribution in [3.63, 3.8) is 0 Å². The molecule has 4 heteroatoms. The maximum atomic E-state index is 11.1. The van der Waals surface area contributed by atoms with Crippen LogP contribution < -0.4 is 0 Å². The van der Waals surface area contributed by atoms with Crippen molar-refractivity contribution >= 4 is 5.97 Å². The van der Waals surface area contributed by atoms with Gasteiger partial charge in [0.05, 0.1) is 18.1 Å². The Morgan fingerprint density at radius 1 is 1.30 bits per heavy atom. The predicted octanol–water partition coefficient (Wildman–Crippen LogP) is 2.91. The molecule has 1 aliphatic carbocycles. The van der Waals surface area contributed by atoms with Crippen molar-refractivity contribution in [1.29, 1.82) is 0 Å². The van der Waals surface area contributed by atoms with Gasteiger partial charge in [-0.3, -0.25) is 9.69 Å². The van der Waals surface area contributed by atoms with Gasteiger partial charge < -0.3 is 9.84 Å². The van der Waals surface area contributed by atoms with Crippen molar-refractivity contribution < 1.29 is 14.6 Å². The molecule has 1 saturated heterocycles. The SMILES string of the molecule is CC(C)(CCCCN1CCOC2CCCCC21)C(=O)O. The summed E-state index contributed by atoms with van der Waals surface area (Å²) in [5.41, 5.74) is -0.585. The number of carboxylic acid groups (broad SMARTS) is 1. The fourth-order valence-corrected chi connectivity index (χ4v) is 3.44. The van der Waals surface area contributed by atoms with Gasteiger partial charge in [-0.2, -0.15) is 0 Å². The number of ether oxygens (including phenoxy) is 1. The fraction of sp³-hybridized carbons (Fsp3) is 0.938. The molecule has 2 unspecified atom stereocenters. The standard InChI is InChI=1S/C16H29NO3/c1-16(2,15(18)19)9-5-6-10-17-11-12-20-14-8-4-3-7-13(14)17/h13-14H,3-12H2,1-2H3,(H,18,19). The average molecular weight is 283 g/mol. The zero-order chi connectivity index (χ0) is 14.6. The lowest BCUT2D eigenvalue weighted by Crippen LogP contribution is -2.52. The molecule has 1 aliphatic heterocycles. The molecule has 0 aromatic heterocycles. The zero-order valence-electron chi connectivity index (χ0n) is 12.9. The van der Waals surface area contributed by atoms with Crippen molar-refractivity contribution in [1.82, 2.24) is 4.90 Å². The van der Waals surface area contributed by atoms with Gasteiger partial charge in [0.15, 0.2) is 0 Å². The van der Waals surface area contributed by atoms with Gasteiger partial charge in [0, 0.05) is 12.6 Å². The van der Waals surface area contributed by atoms with Gasteiger partial charge in [-0.15, -0.1) is 0 Å². The molecule has 1 N–H and O–H groups in total. The molecule has 2 fully saturated rings. The lowest BCUT2D eigenvalue weighted by Gasteiger charge is -2.44. The van der Waals surface area contributed by atoms with Gasteiger partial charge in [-0.05, 0) is 46.1 Å². The Hall–Kier alpha value is -0.610. The van der Waals surface area contributed by atoms with E-state index in [0.29, 0.717) is 12.1 Å². The molecule has 2 rings (SSSR count). The monoisotopic (exact) mass is 283 g/mol. The minimum atomic E-state index is -0.684. The minimum absolute atomic E-state index is 0.452. The second-order valence-electron chi connectivity index (χ2n) is 6.94. The minimum Gasteiger partial charge on any atom is -0.481 e. The molecule has 0 aromatic rings. The Morgan fingerprint density at radius 3 is 2.80 bits per heavy atom. The van der Waals surface area contributed by atoms with Gasteiger partial charge in [0.25, 0.3) is 0 Å². The summed E-state index contributed by atoms with van der Waals surface area (Å²) in [6, 6.07) is 0.616. The number of hydrogen-bond acceptors (Lipinski definition) is 3. The second-order valence-corrected chi connectivity index (χ2v) is 6.94. The number of hydrogen-bond donors (Lipinski definition) is 1. The number of unbranched alkanes of at least 4 members (excludes halogenated alkanes) is 1. The number of nitrogens with zero attached hydrogens (tertiary/aromatic N) is 1. The Morgan fingerprint density at radius 2 is 2.05 bits per heavy atom. The van der Waals surface area contributed by atoms with Crippen LogP contribution in [0.4, 0.5) is 0 Å². The van der Waals surface area contributed by atoms with Crippen molar-refractivity contribution in [3.8, 4) is 0 Å². The van der Waals surface area contributed by atoms with E-state index >= 15 is 0 Å². The number of fused-ring (bicyclic) bond motifs is 1. The van der Waals surface area contributed by atoms with Crippen LogP contribution >= 0.6 is 0 Å². The van der Waals surface area contributed by atoms with E-state index in [4.69, 9.17) is 9.84 Å². The van der Waals surface area contributed by atoms with Gasteiger partial charge in [-0.1, -0.05) is 19.3 Å². The molecule has 2 atom stereocenters. The van der Waals surface area contributed by atoms with Crippen molar-refractivity contribution in [2.75, 3.05) is 19.7 Å². The van der Waals surface area contributed by atoms with E-state index in [-0.39, 0.29) is 0 Å². The van der Waals surface area contributed by atoms with Crippen molar-refractivity contribution in [3.05, 3.63) is 0 Å². The topological polar surface area (TPSA) is 49.8 Å². The summed E-state index contributed by atoms with van der Waals surface area (Å²) in [5.74, 6) is -0.684. The van der Waals surface area contributed by atoms with E-state index < -0.39 is 11.4 Å². The van der Waals surface area contributed by atoms with Gasteiger partial charge in [0.1, 0.15) is 0 Å². The highest BCUT2D eigenvalue weighted by Gasteiger charge is 2.33. The summed E-state index contributed by atoms with van der Waals surface area (Å²) in [4.78, 5) is 13.7. The molecule has 1 heterocycles. The molecule has 0 radical (unpaired) electrons. The van der Waals surface area contributed by atoms with Crippen LogP contribution in [-0.2, 0) is 9.53 Å². The molecular weight excluding hydrogens is 254 g/mol. The van der Waals surface area contributed by atoms with Crippen LogP contribution in [0.1, 0.15) is 58.8 Å². The van der Waals surface area contributed by atoms with E-state index in [1.54, 1.807) is 0 Å². The third-order valence-corrected chi connectivity index (χ3v) is 4.92.